The van der Waals surface area contributed by atoms with E-state index in [1.54, 1.807) is 0 Å². The smallest absolute Gasteiger partial charge is 0.309 e. The highest BCUT2D eigenvalue weighted by Crippen LogP contribution is 2.44. The topological polar surface area (TPSA) is 17.8 Å². The second-order valence-electron chi connectivity index (χ2n) is 15.8. The van der Waals surface area contributed by atoms with Gasteiger partial charge in [0.1, 0.15) is 0 Å². The van der Waals surface area contributed by atoms with Gasteiger partial charge in [-0.2, -0.15) is 26.3 Å². The number of benzene rings is 9. The molecule has 0 amide bonds. The van der Waals surface area contributed by atoms with Crippen LogP contribution in [0.15, 0.2) is 194 Å². The summed E-state index contributed by atoms with van der Waals surface area (Å²) in [7, 11) is 0. The Labute approximate surface area is 356 Å². The van der Waals surface area contributed by atoms with Crippen molar-refractivity contribution in [1.29, 1.82) is 0 Å². The van der Waals surface area contributed by atoms with Crippen molar-refractivity contribution in [3.05, 3.63) is 205 Å². The molecule has 0 bridgehead atoms. The van der Waals surface area contributed by atoms with Crippen molar-refractivity contribution in [2.45, 2.75) is 12.4 Å². The zero-order valence-electron chi connectivity index (χ0n) is 33.1. The van der Waals surface area contributed by atoms with Crippen molar-refractivity contribution >= 4 is 54.1 Å². The minimum Gasteiger partial charge on any atom is -0.309 e. The van der Waals surface area contributed by atoms with E-state index >= 15 is 0 Å². The van der Waals surface area contributed by atoms with Crippen LogP contribution in [0.3, 0.4) is 0 Å². The van der Waals surface area contributed by atoms with Gasteiger partial charge < -0.3 is 4.57 Å². The molecule has 2 heterocycles. The fourth-order valence-electron chi connectivity index (χ4n) is 8.97. The molecule has 0 saturated carbocycles. The number of nitrogens with zero attached hydrogens (tertiary/aromatic N) is 2. The maximum absolute atomic E-state index is 13.6. The zero-order valence-corrected chi connectivity index (χ0v) is 33.1. The molecule has 2 aromatic heterocycles. The molecule has 63 heavy (non-hydrogen) atoms. The second-order valence-corrected chi connectivity index (χ2v) is 15.8. The van der Waals surface area contributed by atoms with Crippen molar-refractivity contribution in [2.24, 2.45) is 0 Å². The number of pyridine rings is 1. The van der Waals surface area contributed by atoms with E-state index in [2.05, 4.69) is 47.0 Å². The summed E-state index contributed by atoms with van der Waals surface area (Å²) in [4.78, 5) is 5.15. The summed E-state index contributed by atoms with van der Waals surface area (Å²) in [5.41, 5.74) is 7.54. The molecule has 0 saturated heterocycles. The first kappa shape index (κ1) is 38.2. The van der Waals surface area contributed by atoms with Gasteiger partial charge >= 0.3 is 12.4 Å². The average molecular weight is 835 g/mol. The van der Waals surface area contributed by atoms with Crippen LogP contribution in [0.1, 0.15) is 11.1 Å². The third-order valence-corrected chi connectivity index (χ3v) is 12.0. The van der Waals surface area contributed by atoms with Crippen molar-refractivity contribution in [2.75, 3.05) is 0 Å². The molecule has 11 rings (SSSR count). The van der Waals surface area contributed by atoms with Crippen molar-refractivity contribution in [3.63, 3.8) is 0 Å². The molecule has 2 nitrogen and oxygen atoms in total. The fraction of sp³-hybridized carbons (Fsp3) is 0.0364. The van der Waals surface area contributed by atoms with Gasteiger partial charge in [0.05, 0.1) is 39.2 Å². The molecule has 8 heteroatoms. The Kier molecular flexibility index (Phi) is 8.77. The number of rotatable bonds is 5. The van der Waals surface area contributed by atoms with Gasteiger partial charge in [-0.15, -0.1) is 0 Å². The van der Waals surface area contributed by atoms with Crippen LogP contribution in [0.25, 0.3) is 105 Å². The van der Waals surface area contributed by atoms with Crippen molar-refractivity contribution in [3.8, 4) is 50.5 Å². The maximum atomic E-state index is 13.6. The first-order valence-corrected chi connectivity index (χ1v) is 20.3. The fourth-order valence-corrected chi connectivity index (χ4v) is 8.97. The molecule has 0 aliphatic rings. The minimum atomic E-state index is -4.45. The predicted molar refractivity (Wildman–Crippen MR) is 243 cm³/mol. The lowest BCUT2D eigenvalue weighted by atomic mass is 9.91. The molecule has 0 N–H and O–H groups in total. The Morgan fingerprint density at radius 2 is 0.714 bits per heavy atom. The van der Waals surface area contributed by atoms with E-state index in [0.717, 1.165) is 118 Å². The average Bonchev–Trinajstić information content (AvgIpc) is 3.63. The van der Waals surface area contributed by atoms with Gasteiger partial charge in [-0.05, 0) is 121 Å². The minimum absolute atomic E-state index is 0.653. The van der Waals surface area contributed by atoms with E-state index in [9.17, 15) is 26.3 Å². The lowest BCUT2D eigenvalue weighted by Crippen LogP contribution is -2.03. The first-order valence-electron chi connectivity index (χ1n) is 20.3. The Hall–Kier alpha value is -7.71. The third-order valence-electron chi connectivity index (χ3n) is 12.0. The van der Waals surface area contributed by atoms with Crippen LogP contribution >= 0.6 is 0 Å². The van der Waals surface area contributed by atoms with Gasteiger partial charge in [0.15, 0.2) is 0 Å². The highest BCUT2D eigenvalue weighted by atomic mass is 19.4. The molecule has 0 aliphatic heterocycles. The number of fused-ring (bicyclic) bond motifs is 9. The lowest BCUT2D eigenvalue weighted by molar-refractivity contribution is -0.138. The number of hydrogen-bond donors (Lipinski definition) is 0. The molecule has 0 aliphatic carbocycles. The monoisotopic (exact) mass is 834 g/mol. The van der Waals surface area contributed by atoms with E-state index in [0.29, 0.717) is 11.1 Å². The van der Waals surface area contributed by atoms with Crippen molar-refractivity contribution < 1.29 is 26.3 Å². The maximum Gasteiger partial charge on any atom is 0.416 e. The SMILES string of the molecule is FC(F)(F)c1ccc(-c2ccc3c4ccccc4c4cc5c6cc(-c7ccc(C(F)(F)F)cc7)ccc6n(-c6cc(-c7ccccc7)nc(-c7ccccc7)c6)c5cc4c3c2)cc1. The molecule has 0 unspecified atom stereocenters. The summed E-state index contributed by atoms with van der Waals surface area (Å²) in [6, 6.07) is 59.3. The molecule has 0 atom stereocenters. The summed E-state index contributed by atoms with van der Waals surface area (Å²) in [6.07, 6.45) is -8.90. The van der Waals surface area contributed by atoms with Gasteiger partial charge in [-0.1, -0.05) is 127 Å². The van der Waals surface area contributed by atoms with Crippen LogP contribution in [0.4, 0.5) is 26.3 Å². The van der Waals surface area contributed by atoms with Gasteiger partial charge in [0, 0.05) is 21.9 Å². The van der Waals surface area contributed by atoms with Crippen LogP contribution in [-0.4, -0.2) is 9.55 Å². The Balaban J connectivity index is 1.23. The van der Waals surface area contributed by atoms with Crippen LogP contribution in [-0.2, 0) is 12.4 Å². The van der Waals surface area contributed by atoms with E-state index in [1.807, 2.05) is 103 Å². The van der Waals surface area contributed by atoms with Crippen LogP contribution in [0.5, 0.6) is 0 Å². The largest absolute Gasteiger partial charge is 0.416 e. The van der Waals surface area contributed by atoms with Crippen LogP contribution in [0, 0.1) is 0 Å². The third kappa shape index (κ3) is 6.66. The second kappa shape index (κ2) is 14.5. The first-order chi connectivity index (χ1) is 30.5. The van der Waals surface area contributed by atoms with E-state index < -0.39 is 23.5 Å². The molecular weight excluding hydrogens is 803 g/mol. The van der Waals surface area contributed by atoms with E-state index in [-0.39, 0.29) is 0 Å². The molecule has 304 valence electrons. The highest BCUT2D eigenvalue weighted by molar-refractivity contribution is 6.29. The molecule has 11 aromatic rings. The van der Waals surface area contributed by atoms with Gasteiger partial charge in [-0.25, -0.2) is 4.98 Å². The molecule has 0 fully saturated rings. The summed E-state index contributed by atoms with van der Waals surface area (Å²) in [5.74, 6) is 0. The summed E-state index contributed by atoms with van der Waals surface area (Å²) < 4.78 is 83.7. The lowest BCUT2D eigenvalue weighted by Gasteiger charge is -2.15. The molecule has 0 spiro atoms. The van der Waals surface area contributed by atoms with E-state index in [1.165, 1.54) is 24.3 Å². The summed E-state index contributed by atoms with van der Waals surface area (Å²) in [5, 5.41) is 7.79. The normalized spacial score (nSPS) is 12.3. The Morgan fingerprint density at radius 1 is 0.302 bits per heavy atom. The van der Waals surface area contributed by atoms with Gasteiger partial charge in [0.2, 0.25) is 0 Å². The Morgan fingerprint density at radius 3 is 1.25 bits per heavy atom. The molecule has 9 aromatic carbocycles. The predicted octanol–water partition coefficient (Wildman–Crippen LogP) is 16.3. The number of hydrogen-bond acceptors (Lipinski definition) is 1. The summed E-state index contributed by atoms with van der Waals surface area (Å²) >= 11 is 0. The molecule has 0 radical (unpaired) electrons. The van der Waals surface area contributed by atoms with Gasteiger partial charge in [-0.3, -0.25) is 0 Å². The molecular formula is C55H32F6N2. The Bertz CT molecular complexity index is 3500. The van der Waals surface area contributed by atoms with Crippen LogP contribution < -0.4 is 0 Å². The van der Waals surface area contributed by atoms with Crippen molar-refractivity contribution in [1.82, 2.24) is 9.55 Å². The number of alkyl halides is 6. The quantitative estimate of drug-likeness (QED) is 0.125. The van der Waals surface area contributed by atoms with E-state index in [4.69, 9.17) is 4.98 Å². The van der Waals surface area contributed by atoms with Crippen LogP contribution in [0.2, 0.25) is 0 Å². The summed E-state index contributed by atoms with van der Waals surface area (Å²) in [6.45, 7) is 0. The standard InChI is InChI=1S/C55H32F6N2/c56-54(57,58)39-21-15-33(16-22-39)37-19-25-44-42-13-7-8-14-43(42)46-31-49-48-28-38(34-17-23-40(24-18-34)55(59,60)61)20-26-52(48)63(53(49)32-47(46)45(44)27-37)41-29-50(35-9-3-1-4-10-35)62-51(30-41)36-11-5-2-6-12-36/h1-32H. The van der Waals surface area contributed by atoms with Gasteiger partial charge in [0.25, 0.3) is 0 Å². The zero-order chi connectivity index (χ0) is 43.0. The number of halogens is 6. The number of aromatic nitrogens is 2. The highest BCUT2D eigenvalue weighted by Gasteiger charge is 2.31.